The first kappa shape index (κ1) is 11.6. The van der Waals surface area contributed by atoms with E-state index in [1.54, 1.807) is 0 Å². The fraction of sp³-hybridized carbons (Fsp3) is 0.727. The van der Waals surface area contributed by atoms with Gasteiger partial charge in [-0.05, 0) is 37.2 Å². The van der Waals surface area contributed by atoms with Gasteiger partial charge in [0.1, 0.15) is 6.10 Å². The highest BCUT2D eigenvalue weighted by molar-refractivity contribution is 7.96. The monoisotopic (exact) mass is 214 g/mol. The van der Waals surface area contributed by atoms with Gasteiger partial charge in [0.15, 0.2) is 0 Å². The lowest BCUT2D eigenvalue weighted by Gasteiger charge is -2.27. The van der Waals surface area contributed by atoms with Gasteiger partial charge in [0, 0.05) is 0 Å². The van der Waals surface area contributed by atoms with Crippen molar-refractivity contribution in [2.75, 3.05) is 0 Å². The summed E-state index contributed by atoms with van der Waals surface area (Å²) >= 11 is 3.62. The molecule has 0 bridgehead atoms. The molecule has 14 heavy (non-hydrogen) atoms. The highest BCUT2D eigenvalue weighted by atomic mass is 32.1. The van der Waals surface area contributed by atoms with Gasteiger partial charge in [0.25, 0.3) is 0 Å². The van der Waals surface area contributed by atoms with Crippen molar-refractivity contribution in [3.63, 3.8) is 0 Å². The molecule has 0 radical (unpaired) electrons. The second-order valence-electron chi connectivity index (χ2n) is 4.59. The zero-order valence-corrected chi connectivity index (χ0v) is 9.72. The minimum atomic E-state index is -0.488. The van der Waals surface area contributed by atoms with Gasteiger partial charge < -0.3 is 4.74 Å². The van der Waals surface area contributed by atoms with Crippen LogP contribution in [0.25, 0.3) is 0 Å². The van der Waals surface area contributed by atoms with Crippen molar-refractivity contribution in [2.45, 2.75) is 45.6 Å². The predicted octanol–water partition coefficient (Wildman–Crippen LogP) is 3.58. The number of ether oxygens (including phenoxy) is 1. The Bertz CT molecular complexity index is 233. The molecule has 0 saturated carbocycles. The second kappa shape index (κ2) is 4.87. The third kappa shape index (κ3) is 4.18. The van der Waals surface area contributed by atoms with Gasteiger partial charge in [-0.2, -0.15) is 0 Å². The van der Waals surface area contributed by atoms with E-state index in [9.17, 15) is 4.79 Å². The zero-order chi connectivity index (χ0) is 10.6. The number of hydrogen-bond donors (Lipinski definition) is 1. The van der Waals surface area contributed by atoms with E-state index in [0.29, 0.717) is 5.41 Å². The maximum atomic E-state index is 10.7. The molecule has 0 amide bonds. The third-order valence-corrected chi connectivity index (χ3v) is 2.80. The van der Waals surface area contributed by atoms with E-state index in [1.165, 1.54) is 6.42 Å². The van der Waals surface area contributed by atoms with Gasteiger partial charge in [0.05, 0.1) is 0 Å². The highest BCUT2D eigenvalue weighted by Crippen LogP contribution is 2.31. The summed E-state index contributed by atoms with van der Waals surface area (Å²) in [5.74, 6) is 0. The van der Waals surface area contributed by atoms with Crippen LogP contribution < -0.4 is 0 Å². The zero-order valence-electron chi connectivity index (χ0n) is 8.82. The smallest absolute Gasteiger partial charge is 0.364 e. The number of carbonyl (C=O) groups excluding carboxylic acids is 1. The molecule has 0 aliphatic heterocycles. The lowest BCUT2D eigenvalue weighted by Crippen LogP contribution is -2.19. The summed E-state index contributed by atoms with van der Waals surface area (Å²) < 4.78 is 5.06. The molecule has 0 N–H and O–H groups in total. The van der Waals surface area contributed by atoms with Gasteiger partial charge in [0.2, 0.25) is 0 Å². The molecule has 0 spiro atoms. The van der Waals surface area contributed by atoms with Gasteiger partial charge in [-0.3, -0.25) is 0 Å². The van der Waals surface area contributed by atoms with Crippen LogP contribution in [0.3, 0.4) is 0 Å². The topological polar surface area (TPSA) is 26.3 Å². The summed E-state index contributed by atoms with van der Waals surface area (Å²) in [4.78, 5) is 10.7. The van der Waals surface area contributed by atoms with Crippen molar-refractivity contribution in [1.82, 2.24) is 0 Å². The average molecular weight is 214 g/mol. The van der Waals surface area contributed by atoms with Crippen LogP contribution in [0.4, 0.5) is 4.79 Å². The van der Waals surface area contributed by atoms with Crippen LogP contribution in [-0.4, -0.2) is 11.4 Å². The van der Waals surface area contributed by atoms with Crippen molar-refractivity contribution in [2.24, 2.45) is 5.41 Å². The Morgan fingerprint density at radius 3 is 2.86 bits per heavy atom. The summed E-state index contributed by atoms with van der Waals surface area (Å²) in [6.07, 6.45) is 8.24. The Hall–Kier alpha value is -0.440. The molecule has 0 aromatic heterocycles. The fourth-order valence-electron chi connectivity index (χ4n) is 1.70. The fourth-order valence-corrected chi connectivity index (χ4v) is 1.84. The van der Waals surface area contributed by atoms with Crippen molar-refractivity contribution in [3.05, 3.63) is 12.2 Å². The lowest BCUT2D eigenvalue weighted by molar-refractivity contribution is 0.128. The van der Waals surface area contributed by atoms with Gasteiger partial charge >= 0.3 is 5.30 Å². The Morgan fingerprint density at radius 2 is 2.21 bits per heavy atom. The van der Waals surface area contributed by atoms with E-state index in [4.69, 9.17) is 4.74 Å². The lowest BCUT2D eigenvalue weighted by atomic mass is 9.81. The van der Waals surface area contributed by atoms with Gasteiger partial charge in [-0.1, -0.05) is 32.6 Å². The Labute approximate surface area is 91.1 Å². The number of thiol groups is 1. The second-order valence-corrected chi connectivity index (χ2v) is 4.96. The summed E-state index contributed by atoms with van der Waals surface area (Å²) in [5, 5.41) is -0.488. The van der Waals surface area contributed by atoms with Crippen molar-refractivity contribution in [3.8, 4) is 0 Å². The normalized spacial score (nSPS) is 28.6. The molecular weight excluding hydrogens is 196 g/mol. The van der Waals surface area contributed by atoms with Crippen LogP contribution in [0, 0.1) is 5.41 Å². The van der Waals surface area contributed by atoms with Gasteiger partial charge in [-0.25, -0.2) is 4.79 Å². The molecule has 0 aromatic carbocycles. The van der Waals surface area contributed by atoms with Crippen molar-refractivity contribution >= 4 is 17.9 Å². The quantitative estimate of drug-likeness (QED) is 0.410. The van der Waals surface area contributed by atoms with E-state index in [1.807, 2.05) is 6.08 Å². The molecule has 80 valence electrons. The van der Waals surface area contributed by atoms with E-state index >= 15 is 0 Å². The first-order valence-corrected chi connectivity index (χ1v) is 5.51. The summed E-state index contributed by atoms with van der Waals surface area (Å²) in [7, 11) is 0. The van der Waals surface area contributed by atoms with Crippen LogP contribution in [0.5, 0.6) is 0 Å². The molecule has 1 atom stereocenters. The number of carbonyl (C=O) groups is 1. The van der Waals surface area contributed by atoms with E-state index in [-0.39, 0.29) is 6.10 Å². The Morgan fingerprint density at radius 1 is 1.50 bits per heavy atom. The molecular formula is C11H18O2S. The van der Waals surface area contributed by atoms with Crippen molar-refractivity contribution < 1.29 is 9.53 Å². The molecule has 1 aliphatic carbocycles. The highest BCUT2D eigenvalue weighted by Gasteiger charge is 2.21. The van der Waals surface area contributed by atoms with Crippen LogP contribution in [0.1, 0.15) is 39.5 Å². The molecule has 0 heterocycles. The molecule has 0 aromatic rings. The van der Waals surface area contributed by atoms with Crippen LogP contribution >= 0.6 is 12.6 Å². The van der Waals surface area contributed by atoms with Crippen LogP contribution in [0.15, 0.2) is 12.2 Å². The molecule has 0 saturated heterocycles. The maximum Gasteiger partial charge on any atom is 0.364 e. The van der Waals surface area contributed by atoms with Gasteiger partial charge in [-0.15, -0.1) is 0 Å². The standard InChI is InChI=1S/C11H18O2S/c1-11(2)7-4-3-5-9(6-8-11)13-10(12)14/h3,5,9H,4,6-8H2,1-2H3,(H,12,14)/b5-3+/t9-/m0/s1. The molecule has 1 rings (SSSR count). The Balaban J connectivity index is 2.53. The molecule has 0 fully saturated rings. The minimum Gasteiger partial charge on any atom is -0.450 e. The van der Waals surface area contributed by atoms with Crippen LogP contribution in [0.2, 0.25) is 0 Å². The summed E-state index contributed by atoms with van der Waals surface area (Å²) in [6.45, 7) is 4.51. The SMILES string of the molecule is CC1(C)CC/C=C/[C@H](OC(=O)S)CC1. The summed E-state index contributed by atoms with van der Waals surface area (Å²) in [6, 6.07) is 0. The first-order valence-electron chi connectivity index (χ1n) is 5.06. The largest absolute Gasteiger partial charge is 0.450 e. The maximum absolute atomic E-state index is 10.7. The first-order chi connectivity index (χ1) is 6.49. The van der Waals surface area contributed by atoms with E-state index in [2.05, 4.69) is 32.6 Å². The van der Waals surface area contributed by atoms with E-state index < -0.39 is 5.30 Å². The Kier molecular flexibility index (Phi) is 4.05. The third-order valence-electron chi connectivity index (χ3n) is 2.70. The predicted molar refractivity (Wildman–Crippen MR) is 60.6 cm³/mol. The molecule has 0 unspecified atom stereocenters. The molecule has 1 aliphatic rings. The number of allylic oxidation sites excluding steroid dienone is 1. The summed E-state index contributed by atoms with van der Waals surface area (Å²) in [5.41, 5.74) is 0.353. The number of rotatable bonds is 1. The average Bonchev–Trinajstić information content (AvgIpc) is 2.05. The van der Waals surface area contributed by atoms with Crippen LogP contribution in [-0.2, 0) is 4.74 Å². The van der Waals surface area contributed by atoms with Crippen molar-refractivity contribution in [1.29, 1.82) is 0 Å². The number of hydrogen-bond acceptors (Lipinski definition) is 2. The molecule has 3 heteroatoms. The molecule has 2 nitrogen and oxygen atoms in total. The minimum absolute atomic E-state index is 0.0837. The van der Waals surface area contributed by atoms with E-state index in [0.717, 1.165) is 19.3 Å².